The molecule has 0 spiro atoms. The zero-order valence-electron chi connectivity index (χ0n) is 9.58. The van der Waals surface area contributed by atoms with Gasteiger partial charge in [0.2, 0.25) is 0 Å². The minimum atomic E-state index is -0.382. The Bertz CT molecular complexity index is 543. The topological polar surface area (TPSA) is 42.1 Å². The van der Waals surface area contributed by atoms with Crippen molar-refractivity contribution in [2.75, 3.05) is 7.11 Å². The summed E-state index contributed by atoms with van der Waals surface area (Å²) in [4.78, 5) is 14.5. The van der Waals surface area contributed by atoms with E-state index in [0.29, 0.717) is 5.56 Å². The number of aromatic nitrogens is 1. The van der Waals surface area contributed by atoms with Gasteiger partial charge in [0.25, 0.3) is 0 Å². The molecule has 1 aromatic carbocycles. The Morgan fingerprint density at radius 1 is 1.29 bits per heavy atom. The first-order chi connectivity index (χ1) is 8.11. The van der Waals surface area contributed by atoms with Crippen LogP contribution >= 0.6 is 0 Å². The van der Waals surface area contributed by atoms with E-state index in [-0.39, 0.29) is 11.8 Å². The lowest BCUT2D eigenvalue weighted by Gasteiger charge is -1.96. The van der Waals surface area contributed by atoms with Crippen molar-refractivity contribution < 1.29 is 13.9 Å². The molecular weight excluding hydrogens is 221 g/mol. The monoisotopic (exact) mass is 233 g/mol. The average molecular weight is 233 g/mol. The van der Waals surface area contributed by atoms with Gasteiger partial charge in [0.15, 0.2) is 0 Å². The van der Waals surface area contributed by atoms with Gasteiger partial charge >= 0.3 is 5.97 Å². The van der Waals surface area contributed by atoms with E-state index in [1.54, 1.807) is 25.1 Å². The zero-order chi connectivity index (χ0) is 12.4. The van der Waals surface area contributed by atoms with E-state index in [4.69, 9.17) is 0 Å². The molecule has 0 aliphatic rings. The maximum Gasteiger partial charge on any atom is 0.339 e. The first-order valence-corrected chi connectivity index (χ1v) is 5.15. The van der Waals surface area contributed by atoms with Crippen LogP contribution in [-0.4, -0.2) is 18.1 Å². The van der Waals surface area contributed by atoms with Crippen LogP contribution in [0.1, 0.15) is 16.1 Å². The number of halogens is 1. The predicted octanol–water partition coefficient (Wildman–Crippen LogP) is 2.92. The number of carbonyl (C=O) groups excluding carboxylic acids is 1. The van der Waals surface area contributed by atoms with Gasteiger partial charge in [-0.2, -0.15) is 0 Å². The summed E-state index contributed by atoms with van der Waals surface area (Å²) in [6.07, 6.45) is 0. The molecule has 1 heterocycles. The third kappa shape index (κ3) is 2.20. The zero-order valence-corrected chi connectivity index (χ0v) is 9.58. The number of benzene rings is 1. The molecule has 2 aromatic rings. The van der Waals surface area contributed by atoms with Crippen molar-refractivity contribution in [1.82, 2.24) is 4.98 Å². The van der Waals surface area contributed by atoms with Crippen LogP contribution in [-0.2, 0) is 4.74 Å². The second kappa shape index (κ2) is 4.41. The number of hydrogen-bond acceptors (Lipinski definition) is 2. The number of aromatic amines is 1. The Morgan fingerprint density at radius 2 is 1.94 bits per heavy atom. The van der Waals surface area contributed by atoms with Crippen LogP contribution in [0.2, 0.25) is 0 Å². The van der Waals surface area contributed by atoms with Crippen molar-refractivity contribution in [3.05, 3.63) is 47.4 Å². The molecule has 4 heteroatoms. The average Bonchev–Trinajstić information content (AvgIpc) is 2.71. The highest BCUT2D eigenvalue weighted by molar-refractivity contribution is 5.92. The standard InChI is InChI=1S/C13H12FNO2/c1-8-11(13(16)17-2)7-12(15-8)9-3-5-10(14)6-4-9/h3-7,15H,1-2H3. The smallest absolute Gasteiger partial charge is 0.339 e. The van der Waals surface area contributed by atoms with Crippen LogP contribution in [0.5, 0.6) is 0 Å². The second-order valence-electron chi connectivity index (χ2n) is 3.72. The van der Waals surface area contributed by atoms with Crippen LogP contribution in [0.25, 0.3) is 11.3 Å². The van der Waals surface area contributed by atoms with E-state index in [1.807, 2.05) is 0 Å². The normalized spacial score (nSPS) is 10.3. The Morgan fingerprint density at radius 3 is 2.53 bits per heavy atom. The van der Waals surface area contributed by atoms with E-state index in [1.165, 1.54) is 19.2 Å². The molecule has 0 saturated heterocycles. The number of nitrogens with one attached hydrogen (secondary N) is 1. The van der Waals surface area contributed by atoms with Crippen molar-refractivity contribution in [2.24, 2.45) is 0 Å². The van der Waals surface area contributed by atoms with E-state index in [9.17, 15) is 9.18 Å². The summed E-state index contributed by atoms with van der Waals surface area (Å²) >= 11 is 0. The highest BCUT2D eigenvalue weighted by atomic mass is 19.1. The van der Waals surface area contributed by atoms with Crippen LogP contribution in [0.3, 0.4) is 0 Å². The molecule has 0 radical (unpaired) electrons. The summed E-state index contributed by atoms with van der Waals surface area (Å²) in [6, 6.07) is 7.77. The molecular formula is C13H12FNO2. The van der Waals surface area contributed by atoms with Crippen LogP contribution in [0, 0.1) is 12.7 Å². The molecule has 0 bridgehead atoms. The van der Waals surface area contributed by atoms with Crippen LogP contribution in [0.15, 0.2) is 30.3 Å². The molecule has 3 nitrogen and oxygen atoms in total. The number of rotatable bonds is 2. The van der Waals surface area contributed by atoms with Gasteiger partial charge in [-0.3, -0.25) is 0 Å². The van der Waals surface area contributed by atoms with E-state index in [0.717, 1.165) is 17.0 Å². The fourth-order valence-corrected chi connectivity index (χ4v) is 1.66. The highest BCUT2D eigenvalue weighted by Crippen LogP contribution is 2.22. The Balaban J connectivity index is 2.41. The molecule has 1 N–H and O–H groups in total. The number of H-pyrrole nitrogens is 1. The molecule has 0 fully saturated rings. The molecule has 0 saturated carbocycles. The van der Waals surface area contributed by atoms with Gasteiger partial charge in [0.05, 0.1) is 12.7 Å². The number of ether oxygens (including phenoxy) is 1. The number of carbonyl (C=O) groups is 1. The van der Waals surface area contributed by atoms with Gasteiger partial charge in [0.1, 0.15) is 5.82 Å². The summed E-state index contributed by atoms with van der Waals surface area (Å²) in [7, 11) is 1.34. The molecule has 0 atom stereocenters. The molecule has 88 valence electrons. The van der Waals surface area contributed by atoms with E-state index in [2.05, 4.69) is 9.72 Å². The maximum atomic E-state index is 12.8. The number of hydrogen-bond donors (Lipinski definition) is 1. The number of methoxy groups -OCH3 is 1. The van der Waals surface area contributed by atoms with E-state index < -0.39 is 0 Å². The first kappa shape index (κ1) is 11.4. The Kier molecular flexibility index (Phi) is 2.95. The molecule has 1 aromatic heterocycles. The van der Waals surface area contributed by atoms with Crippen molar-refractivity contribution in [1.29, 1.82) is 0 Å². The van der Waals surface area contributed by atoms with Crippen molar-refractivity contribution >= 4 is 5.97 Å². The molecule has 0 aliphatic carbocycles. The van der Waals surface area contributed by atoms with Crippen molar-refractivity contribution in [3.63, 3.8) is 0 Å². The van der Waals surface area contributed by atoms with Crippen molar-refractivity contribution in [3.8, 4) is 11.3 Å². The van der Waals surface area contributed by atoms with Gasteiger partial charge in [0, 0.05) is 11.4 Å². The summed E-state index contributed by atoms with van der Waals surface area (Å²) in [6.45, 7) is 1.79. The highest BCUT2D eigenvalue weighted by Gasteiger charge is 2.13. The lowest BCUT2D eigenvalue weighted by molar-refractivity contribution is 0.0600. The van der Waals surface area contributed by atoms with Gasteiger partial charge in [-0.1, -0.05) is 0 Å². The SMILES string of the molecule is COC(=O)c1cc(-c2ccc(F)cc2)[nH]c1C. The summed E-state index contributed by atoms with van der Waals surface area (Å²) in [5.74, 6) is -0.669. The molecule has 0 unspecified atom stereocenters. The minimum Gasteiger partial charge on any atom is -0.465 e. The van der Waals surface area contributed by atoms with Gasteiger partial charge in [-0.25, -0.2) is 9.18 Å². The van der Waals surface area contributed by atoms with Gasteiger partial charge < -0.3 is 9.72 Å². The van der Waals surface area contributed by atoms with Gasteiger partial charge in [-0.05, 0) is 42.8 Å². The molecule has 17 heavy (non-hydrogen) atoms. The quantitative estimate of drug-likeness (QED) is 0.810. The minimum absolute atomic E-state index is 0.287. The summed E-state index contributed by atoms with van der Waals surface area (Å²) in [5, 5.41) is 0. The molecule has 0 amide bonds. The largest absolute Gasteiger partial charge is 0.465 e. The lowest BCUT2D eigenvalue weighted by atomic mass is 10.1. The second-order valence-corrected chi connectivity index (χ2v) is 3.72. The summed E-state index contributed by atoms with van der Waals surface area (Å²) in [5.41, 5.74) is 2.82. The van der Waals surface area contributed by atoms with Crippen LogP contribution in [0.4, 0.5) is 4.39 Å². The summed E-state index contributed by atoms with van der Waals surface area (Å²) < 4.78 is 17.5. The first-order valence-electron chi connectivity index (χ1n) is 5.15. The third-order valence-electron chi connectivity index (χ3n) is 2.58. The Labute approximate surface area is 98.2 Å². The maximum absolute atomic E-state index is 12.8. The predicted molar refractivity (Wildman–Crippen MR) is 62.3 cm³/mol. The third-order valence-corrected chi connectivity index (χ3v) is 2.58. The van der Waals surface area contributed by atoms with Crippen molar-refractivity contribution in [2.45, 2.75) is 6.92 Å². The van der Waals surface area contributed by atoms with Crippen LogP contribution < -0.4 is 0 Å². The lowest BCUT2D eigenvalue weighted by Crippen LogP contribution is -2.00. The number of esters is 1. The fraction of sp³-hybridized carbons (Fsp3) is 0.154. The fourth-order valence-electron chi connectivity index (χ4n) is 1.66. The number of aryl methyl sites for hydroxylation is 1. The molecule has 2 rings (SSSR count). The van der Waals surface area contributed by atoms with E-state index >= 15 is 0 Å². The molecule has 0 aliphatic heterocycles. The Hall–Kier alpha value is -2.10. The van der Waals surface area contributed by atoms with Gasteiger partial charge in [-0.15, -0.1) is 0 Å².